The van der Waals surface area contributed by atoms with Crippen molar-refractivity contribution in [2.24, 2.45) is 0 Å². The van der Waals surface area contributed by atoms with Gasteiger partial charge < -0.3 is 9.47 Å². The molecule has 27 heavy (non-hydrogen) atoms. The smallest absolute Gasteiger partial charge is 0.263 e. The molecule has 0 bridgehead atoms. The van der Waals surface area contributed by atoms with Crippen molar-refractivity contribution in [2.75, 3.05) is 17.9 Å². The van der Waals surface area contributed by atoms with Crippen molar-refractivity contribution >= 4 is 26.5 Å². The summed E-state index contributed by atoms with van der Waals surface area (Å²) < 4.78 is 64.7. The lowest BCUT2D eigenvalue weighted by atomic mass is 10.2. The van der Waals surface area contributed by atoms with Crippen LogP contribution in [0.15, 0.2) is 46.7 Å². The van der Waals surface area contributed by atoms with Gasteiger partial charge in [0.15, 0.2) is 28.3 Å². The van der Waals surface area contributed by atoms with Crippen LogP contribution in [0.5, 0.6) is 11.5 Å². The average molecular weight is 410 g/mol. The van der Waals surface area contributed by atoms with E-state index >= 15 is 0 Å². The standard InChI is InChI=1S/C17H12F2N2O4S2/c18-12-3-1-10(7-13(12)19)14-9-26-17(20-14)21-27(22,23)11-2-4-15-16(8-11)25-6-5-24-15/h1-4,7-9H,5-6H2,(H,20,21). The molecule has 2 aromatic carbocycles. The zero-order valence-corrected chi connectivity index (χ0v) is 15.2. The second-order valence-corrected chi connectivity index (χ2v) is 8.12. The van der Waals surface area contributed by atoms with Crippen molar-refractivity contribution in [1.82, 2.24) is 4.98 Å². The number of nitrogens with one attached hydrogen (secondary N) is 1. The molecule has 1 aliphatic heterocycles. The summed E-state index contributed by atoms with van der Waals surface area (Å²) in [5.74, 6) is -1.13. The first-order valence-corrected chi connectivity index (χ1v) is 10.1. The Kier molecular flexibility index (Phi) is 4.44. The van der Waals surface area contributed by atoms with Gasteiger partial charge in [-0.3, -0.25) is 4.72 Å². The van der Waals surface area contributed by atoms with Crippen molar-refractivity contribution in [1.29, 1.82) is 0 Å². The highest BCUT2D eigenvalue weighted by atomic mass is 32.2. The molecule has 3 aromatic rings. The summed E-state index contributed by atoms with van der Waals surface area (Å²) >= 11 is 1.03. The van der Waals surface area contributed by atoms with E-state index in [2.05, 4.69) is 9.71 Å². The summed E-state index contributed by atoms with van der Waals surface area (Å²) in [6, 6.07) is 7.66. The maximum Gasteiger partial charge on any atom is 0.263 e. The second kappa shape index (κ2) is 6.78. The minimum atomic E-state index is -3.90. The van der Waals surface area contributed by atoms with Crippen molar-refractivity contribution in [3.63, 3.8) is 0 Å². The Morgan fingerprint density at radius 1 is 1.00 bits per heavy atom. The molecule has 0 saturated heterocycles. The molecule has 0 radical (unpaired) electrons. The van der Waals surface area contributed by atoms with Crippen LogP contribution >= 0.6 is 11.3 Å². The van der Waals surface area contributed by atoms with E-state index in [4.69, 9.17) is 9.47 Å². The van der Waals surface area contributed by atoms with Gasteiger partial charge in [0.05, 0.1) is 10.6 Å². The highest BCUT2D eigenvalue weighted by molar-refractivity contribution is 7.93. The third-order valence-corrected chi connectivity index (χ3v) is 5.99. The minimum absolute atomic E-state index is 0.00340. The molecular weight excluding hydrogens is 398 g/mol. The summed E-state index contributed by atoms with van der Waals surface area (Å²) in [5.41, 5.74) is 0.675. The Bertz CT molecular complexity index is 1120. The molecule has 2 heterocycles. The topological polar surface area (TPSA) is 77.5 Å². The number of thiazole rings is 1. The van der Waals surface area contributed by atoms with Crippen molar-refractivity contribution < 1.29 is 26.7 Å². The Morgan fingerprint density at radius 2 is 1.78 bits per heavy atom. The highest BCUT2D eigenvalue weighted by Gasteiger charge is 2.21. The van der Waals surface area contributed by atoms with Gasteiger partial charge in [0.1, 0.15) is 13.2 Å². The van der Waals surface area contributed by atoms with Crippen LogP contribution in [0, 0.1) is 11.6 Å². The number of rotatable bonds is 4. The van der Waals surface area contributed by atoms with Crippen molar-refractivity contribution in [3.8, 4) is 22.8 Å². The first-order chi connectivity index (χ1) is 12.9. The van der Waals surface area contributed by atoms with Gasteiger partial charge in [-0.2, -0.15) is 0 Å². The van der Waals surface area contributed by atoms with Crippen LogP contribution in [0.1, 0.15) is 0 Å². The maximum atomic E-state index is 13.4. The van der Waals surface area contributed by atoms with Gasteiger partial charge >= 0.3 is 0 Å². The molecule has 6 nitrogen and oxygen atoms in total. The Labute approximate surface area is 157 Å². The normalized spacial score (nSPS) is 13.4. The van der Waals surface area contributed by atoms with E-state index in [0.717, 1.165) is 23.5 Å². The minimum Gasteiger partial charge on any atom is -0.486 e. The number of fused-ring (bicyclic) bond motifs is 1. The van der Waals surface area contributed by atoms with Gasteiger partial charge in [0, 0.05) is 17.0 Å². The monoisotopic (exact) mass is 410 g/mol. The van der Waals surface area contributed by atoms with Crippen LogP contribution in [0.3, 0.4) is 0 Å². The van der Waals surface area contributed by atoms with E-state index in [1.807, 2.05) is 0 Å². The molecular formula is C17H12F2N2O4S2. The number of aromatic nitrogens is 1. The molecule has 0 unspecified atom stereocenters. The molecule has 140 valence electrons. The summed E-state index contributed by atoms with van der Waals surface area (Å²) in [7, 11) is -3.90. The molecule has 1 aliphatic rings. The molecule has 0 amide bonds. The van der Waals surface area contributed by atoms with Crippen LogP contribution in [0.2, 0.25) is 0 Å². The zero-order chi connectivity index (χ0) is 19.0. The van der Waals surface area contributed by atoms with Crippen LogP contribution in [0.25, 0.3) is 11.3 Å². The Hall–Kier alpha value is -2.72. The molecule has 0 spiro atoms. The fraction of sp³-hybridized carbons (Fsp3) is 0.118. The lowest BCUT2D eigenvalue weighted by molar-refractivity contribution is 0.171. The lowest BCUT2D eigenvalue weighted by Crippen LogP contribution is -2.17. The number of benzene rings is 2. The third-order valence-electron chi connectivity index (χ3n) is 3.77. The molecule has 1 N–H and O–H groups in total. The average Bonchev–Trinajstić information content (AvgIpc) is 3.11. The summed E-state index contributed by atoms with van der Waals surface area (Å²) in [6.07, 6.45) is 0. The number of hydrogen-bond acceptors (Lipinski definition) is 6. The van der Waals surface area contributed by atoms with Gasteiger partial charge in [-0.25, -0.2) is 22.2 Å². The molecule has 4 rings (SSSR count). The van der Waals surface area contributed by atoms with Gasteiger partial charge in [0.2, 0.25) is 0 Å². The fourth-order valence-corrected chi connectivity index (χ4v) is 4.46. The van der Waals surface area contributed by atoms with Crippen LogP contribution in [-0.4, -0.2) is 26.6 Å². The second-order valence-electron chi connectivity index (χ2n) is 5.58. The number of ether oxygens (including phenoxy) is 2. The highest BCUT2D eigenvalue weighted by Crippen LogP contribution is 2.33. The first kappa shape index (κ1) is 17.7. The maximum absolute atomic E-state index is 13.4. The number of nitrogens with zero attached hydrogens (tertiary/aromatic N) is 1. The molecule has 0 fully saturated rings. The van der Waals surface area contributed by atoms with Gasteiger partial charge in [0.25, 0.3) is 10.0 Å². The quantitative estimate of drug-likeness (QED) is 0.710. The van der Waals surface area contributed by atoms with E-state index in [1.54, 1.807) is 5.38 Å². The number of anilines is 1. The molecule has 0 aliphatic carbocycles. The number of halogens is 2. The lowest BCUT2D eigenvalue weighted by Gasteiger charge is -2.18. The van der Waals surface area contributed by atoms with E-state index in [-0.39, 0.29) is 10.0 Å². The largest absolute Gasteiger partial charge is 0.486 e. The zero-order valence-electron chi connectivity index (χ0n) is 13.6. The summed E-state index contributed by atoms with van der Waals surface area (Å²) in [6.45, 7) is 0.747. The molecule has 10 heteroatoms. The van der Waals surface area contributed by atoms with E-state index in [1.165, 1.54) is 24.3 Å². The number of hydrogen-bond donors (Lipinski definition) is 1. The third kappa shape index (κ3) is 3.58. The van der Waals surface area contributed by atoms with E-state index < -0.39 is 21.7 Å². The Balaban J connectivity index is 1.58. The Morgan fingerprint density at radius 3 is 2.56 bits per heavy atom. The summed E-state index contributed by atoms with van der Waals surface area (Å²) in [4.78, 5) is 4.13. The first-order valence-electron chi connectivity index (χ1n) is 7.76. The number of sulfonamides is 1. The molecule has 0 atom stereocenters. The van der Waals surface area contributed by atoms with Gasteiger partial charge in [-0.1, -0.05) is 0 Å². The van der Waals surface area contributed by atoms with Crippen LogP contribution in [-0.2, 0) is 10.0 Å². The van der Waals surface area contributed by atoms with Gasteiger partial charge in [-0.05, 0) is 30.3 Å². The SMILES string of the molecule is O=S(=O)(Nc1nc(-c2ccc(F)c(F)c2)cs1)c1ccc2c(c1)OCCO2. The fourth-order valence-electron chi connectivity index (χ4n) is 2.47. The molecule has 1 aromatic heterocycles. The van der Waals surface area contributed by atoms with Gasteiger partial charge in [-0.15, -0.1) is 11.3 Å². The van der Waals surface area contributed by atoms with Crippen molar-refractivity contribution in [2.45, 2.75) is 4.90 Å². The molecule has 0 saturated carbocycles. The van der Waals surface area contributed by atoms with Crippen LogP contribution in [0.4, 0.5) is 13.9 Å². The van der Waals surface area contributed by atoms with E-state index in [0.29, 0.717) is 36.0 Å². The van der Waals surface area contributed by atoms with Crippen LogP contribution < -0.4 is 14.2 Å². The predicted molar refractivity (Wildman–Crippen MR) is 95.7 cm³/mol. The summed E-state index contributed by atoms with van der Waals surface area (Å²) in [5, 5.41) is 1.65. The predicted octanol–water partition coefficient (Wildman–Crippen LogP) is 3.66. The van der Waals surface area contributed by atoms with E-state index in [9.17, 15) is 17.2 Å². The van der Waals surface area contributed by atoms with Crippen molar-refractivity contribution in [3.05, 3.63) is 53.4 Å².